The number of hydrogen-bond acceptors (Lipinski definition) is 4. The monoisotopic (exact) mass is 448 g/mol. The molecule has 1 heterocycles. The second-order valence-electron chi connectivity index (χ2n) is 7.69. The number of benzene rings is 3. The van der Waals surface area contributed by atoms with Crippen LogP contribution in [0.3, 0.4) is 0 Å². The van der Waals surface area contributed by atoms with E-state index in [2.05, 4.69) is 10.0 Å². The molecule has 0 aromatic heterocycles. The van der Waals surface area contributed by atoms with Gasteiger partial charge in [-0.3, -0.25) is 4.79 Å². The highest BCUT2D eigenvalue weighted by Crippen LogP contribution is 2.36. The van der Waals surface area contributed by atoms with Gasteiger partial charge in [-0.2, -0.15) is 0 Å². The normalized spacial score (nSPS) is 14.3. The van der Waals surface area contributed by atoms with Gasteiger partial charge in [0.1, 0.15) is 12.4 Å². The molecule has 0 saturated carbocycles. The van der Waals surface area contributed by atoms with Crippen LogP contribution in [0, 0.1) is 13.8 Å². The fraction of sp³-hybridized carbons (Fsp3) is 0.160. The first-order valence-electron chi connectivity index (χ1n) is 10.2. The van der Waals surface area contributed by atoms with Crippen molar-refractivity contribution in [2.45, 2.75) is 25.3 Å². The van der Waals surface area contributed by atoms with Gasteiger partial charge in [-0.05, 0) is 79.6 Å². The Kier molecular flexibility index (Phi) is 5.86. The number of anilines is 1. The summed E-state index contributed by atoms with van der Waals surface area (Å²) in [6.45, 7) is 4.41. The molecule has 0 atom stereocenters. The summed E-state index contributed by atoms with van der Waals surface area (Å²) < 4.78 is 32.7. The molecule has 164 valence electrons. The minimum Gasteiger partial charge on any atom is -0.488 e. The molecule has 4 rings (SSSR count). The van der Waals surface area contributed by atoms with Gasteiger partial charge in [0.05, 0.1) is 4.90 Å². The first kappa shape index (κ1) is 21.8. The topological polar surface area (TPSA) is 84.5 Å². The Morgan fingerprint density at radius 1 is 1.00 bits per heavy atom. The van der Waals surface area contributed by atoms with E-state index in [1.165, 1.54) is 19.2 Å². The fourth-order valence-corrected chi connectivity index (χ4v) is 4.54. The zero-order chi connectivity index (χ0) is 22.9. The number of hydrogen-bond donors (Lipinski definition) is 2. The standard InChI is InChI=1S/C25H24N2O4S/c1-16-11-19(12-17(2)24(16)31-15-18-7-5-4-6-8-18)13-22-21-14-20(32(29,30)26-3)9-10-23(21)27-25(22)28/h4-14,26H,15H2,1-3H3,(H,27,28). The molecule has 3 aromatic carbocycles. The predicted octanol–water partition coefficient (Wildman–Crippen LogP) is 4.28. The van der Waals surface area contributed by atoms with Crippen molar-refractivity contribution >= 4 is 33.3 Å². The number of aryl methyl sites for hydroxylation is 2. The molecule has 2 N–H and O–H groups in total. The van der Waals surface area contributed by atoms with Crippen molar-refractivity contribution in [3.63, 3.8) is 0 Å². The molecule has 0 bridgehead atoms. The Hall–Kier alpha value is -3.42. The molecular weight excluding hydrogens is 424 g/mol. The van der Waals surface area contributed by atoms with E-state index < -0.39 is 10.0 Å². The minimum atomic E-state index is -3.61. The lowest BCUT2D eigenvalue weighted by molar-refractivity contribution is -0.110. The predicted molar refractivity (Wildman–Crippen MR) is 126 cm³/mol. The number of carbonyl (C=O) groups is 1. The van der Waals surface area contributed by atoms with Gasteiger partial charge in [0.25, 0.3) is 5.91 Å². The number of rotatable bonds is 6. The highest BCUT2D eigenvalue weighted by atomic mass is 32.2. The van der Waals surface area contributed by atoms with Crippen molar-refractivity contribution in [1.82, 2.24) is 4.72 Å². The summed E-state index contributed by atoms with van der Waals surface area (Å²) in [6, 6.07) is 18.5. The van der Waals surface area contributed by atoms with Crippen molar-refractivity contribution in [3.05, 3.63) is 88.5 Å². The molecule has 0 radical (unpaired) electrons. The van der Waals surface area contributed by atoms with E-state index in [-0.39, 0.29) is 10.8 Å². The van der Waals surface area contributed by atoms with Crippen LogP contribution >= 0.6 is 0 Å². The van der Waals surface area contributed by atoms with E-state index in [1.807, 2.05) is 56.3 Å². The van der Waals surface area contributed by atoms with Crippen LogP contribution in [0.1, 0.15) is 27.8 Å². The molecule has 1 amide bonds. The van der Waals surface area contributed by atoms with Crippen molar-refractivity contribution in [3.8, 4) is 5.75 Å². The molecule has 0 unspecified atom stereocenters. The number of ether oxygens (including phenoxy) is 1. The maximum absolute atomic E-state index is 12.6. The molecular formula is C25H24N2O4S. The maximum Gasteiger partial charge on any atom is 0.256 e. The van der Waals surface area contributed by atoms with Crippen LogP contribution in [0.15, 0.2) is 65.6 Å². The average Bonchev–Trinajstić information content (AvgIpc) is 3.08. The number of sulfonamides is 1. The van der Waals surface area contributed by atoms with Crippen LogP contribution in [-0.4, -0.2) is 21.4 Å². The summed E-state index contributed by atoms with van der Waals surface area (Å²) in [6.07, 6.45) is 1.78. The molecule has 0 spiro atoms. The van der Waals surface area contributed by atoms with Crippen LogP contribution in [0.2, 0.25) is 0 Å². The van der Waals surface area contributed by atoms with Crippen molar-refractivity contribution in [2.75, 3.05) is 12.4 Å². The lowest BCUT2D eigenvalue weighted by atomic mass is 10.0. The van der Waals surface area contributed by atoms with Crippen LogP contribution in [0.5, 0.6) is 5.75 Å². The first-order chi connectivity index (χ1) is 15.3. The molecule has 6 nitrogen and oxygen atoms in total. The quantitative estimate of drug-likeness (QED) is 0.551. The Morgan fingerprint density at radius 3 is 2.34 bits per heavy atom. The zero-order valence-corrected chi connectivity index (χ0v) is 18.9. The van der Waals surface area contributed by atoms with Crippen LogP contribution in [-0.2, 0) is 21.4 Å². The van der Waals surface area contributed by atoms with E-state index >= 15 is 0 Å². The Bertz CT molecular complexity index is 1310. The van der Waals surface area contributed by atoms with Gasteiger partial charge >= 0.3 is 0 Å². The minimum absolute atomic E-state index is 0.109. The third-order valence-corrected chi connectivity index (χ3v) is 6.78. The highest BCUT2D eigenvalue weighted by molar-refractivity contribution is 7.89. The fourth-order valence-electron chi connectivity index (χ4n) is 3.79. The van der Waals surface area contributed by atoms with Gasteiger partial charge in [-0.1, -0.05) is 30.3 Å². The number of carbonyl (C=O) groups excluding carboxylic acids is 1. The second-order valence-corrected chi connectivity index (χ2v) is 9.57. The van der Waals surface area contributed by atoms with Gasteiger partial charge in [0, 0.05) is 16.8 Å². The SMILES string of the molecule is CNS(=O)(=O)c1ccc2c(c1)C(=Cc1cc(C)c(OCc3ccccc3)c(C)c1)C(=O)N2. The van der Waals surface area contributed by atoms with E-state index in [9.17, 15) is 13.2 Å². The van der Waals surface area contributed by atoms with Crippen LogP contribution in [0.4, 0.5) is 5.69 Å². The molecule has 32 heavy (non-hydrogen) atoms. The summed E-state index contributed by atoms with van der Waals surface area (Å²) >= 11 is 0. The number of nitrogens with one attached hydrogen (secondary N) is 2. The Balaban J connectivity index is 1.66. The second kappa shape index (κ2) is 8.61. The van der Waals surface area contributed by atoms with E-state index in [1.54, 1.807) is 12.1 Å². The van der Waals surface area contributed by atoms with E-state index in [0.717, 1.165) is 28.0 Å². The van der Waals surface area contributed by atoms with Crippen LogP contribution < -0.4 is 14.8 Å². The van der Waals surface area contributed by atoms with Gasteiger partial charge in [-0.15, -0.1) is 0 Å². The highest BCUT2D eigenvalue weighted by Gasteiger charge is 2.26. The molecule has 1 aliphatic rings. The number of fused-ring (bicyclic) bond motifs is 1. The maximum atomic E-state index is 12.6. The summed E-state index contributed by atoms with van der Waals surface area (Å²) in [7, 11) is -2.26. The van der Waals surface area contributed by atoms with E-state index in [4.69, 9.17) is 4.74 Å². The Labute approximate surface area is 188 Å². The molecule has 0 aliphatic carbocycles. The van der Waals surface area contributed by atoms with Crippen molar-refractivity contribution in [2.24, 2.45) is 0 Å². The van der Waals surface area contributed by atoms with E-state index in [0.29, 0.717) is 23.4 Å². The lowest BCUT2D eigenvalue weighted by Crippen LogP contribution is -2.18. The van der Waals surface area contributed by atoms with Crippen LogP contribution in [0.25, 0.3) is 11.6 Å². The molecule has 0 saturated heterocycles. The van der Waals surface area contributed by atoms with Gasteiger partial charge in [-0.25, -0.2) is 13.1 Å². The third kappa shape index (κ3) is 4.30. The molecule has 3 aromatic rings. The summed E-state index contributed by atoms with van der Waals surface area (Å²) in [5, 5.41) is 2.80. The molecule has 0 fully saturated rings. The zero-order valence-electron chi connectivity index (χ0n) is 18.1. The lowest BCUT2D eigenvalue weighted by Gasteiger charge is -2.13. The van der Waals surface area contributed by atoms with Crippen molar-refractivity contribution < 1.29 is 17.9 Å². The first-order valence-corrected chi connectivity index (χ1v) is 11.7. The van der Waals surface area contributed by atoms with Gasteiger partial charge in [0.15, 0.2) is 0 Å². The van der Waals surface area contributed by atoms with Crippen molar-refractivity contribution in [1.29, 1.82) is 0 Å². The Morgan fingerprint density at radius 2 is 1.69 bits per heavy atom. The smallest absolute Gasteiger partial charge is 0.256 e. The summed E-state index contributed by atoms with van der Waals surface area (Å²) in [4.78, 5) is 12.7. The molecule has 1 aliphatic heterocycles. The van der Waals surface area contributed by atoms with Gasteiger partial charge in [0.2, 0.25) is 10.0 Å². The summed E-state index contributed by atoms with van der Waals surface area (Å²) in [5.41, 5.74) is 5.41. The summed E-state index contributed by atoms with van der Waals surface area (Å²) in [5.74, 6) is 0.549. The largest absolute Gasteiger partial charge is 0.488 e. The third-order valence-electron chi connectivity index (χ3n) is 5.37. The van der Waals surface area contributed by atoms with Gasteiger partial charge < -0.3 is 10.1 Å². The average molecular weight is 449 g/mol. The molecule has 7 heteroatoms. The number of amides is 1.